The molecule has 0 saturated heterocycles. The van der Waals surface area contributed by atoms with Crippen molar-refractivity contribution in [3.63, 3.8) is 0 Å². The highest BCUT2D eigenvalue weighted by Crippen LogP contribution is 2.45. The zero-order valence-corrected chi connectivity index (χ0v) is 56.3. The van der Waals surface area contributed by atoms with Gasteiger partial charge in [0.05, 0.1) is 26.4 Å². The Labute approximate surface area is 511 Å². The fourth-order valence-corrected chi connectivity index (χ4v) is 11.1. The van der Waals surface area contributed by atoms with Gasteiger partial charge in [-0.2, -0.15) is 0 Å². The fraction of sp³-hybridized carbons (Fsp3) is 0.938. The van der Waals surface area contributed by atoms with Crippen LogP contribution in [-0.4, -0.2) is 96.7 Å². The van der Waals surface area contributed by atoms with Crippen LogP contribution < -0.4 is 0 Å². The Hall–Kier alpha value is -1.94. The van der Waals surface area contributed by atoms with E-state index in [1.54, 1.807) is 0 Å². The Morgan fingerprint density at radius 3 is 0.845 bits per heavy atom. The average molecular weight is 1240 g/mol. The van der Waals surface area contributed by atoms with Crippen LogP contribution in [0.4, 0.5) is 0 Å². The summed E-state index contributed by atoms with van der Waals surface area (Å²) in [4.78, 5) is 72.3. The summed E-state index contributed by atoms with van der Waals surface area (Å²) in [6.45, 7) is 14.0. The summed E-state index contributed by atoms with van der Waals surface area (Å²) in [5.41, 5.74) is 0. The number of hydrogen-bond acceptors (Lipinski definition) is 15. The molecule has 0 heterocycles. The third kappa shape index (κ3) is 55.4. The molecule has 8 atom stereocenters. The van der Waals surface area contributed by atoms with Crippen LogP contribution in [0.1, 0.15) is 312 Å². The fourth-order valence-electron chi connectivity index (χ4n) is 9.51. The molecule has 0 aliphatic rings. The van der Waals surface area contributed by atoms with Gasteiger partial charge in [-0.05, 0) is 49.4 Å². The van der Waals surface area contributed by atoms with Crippen molar-refractivity contribution >= 4 is 39.5 Å². The van der Waals surface area contributed by atoms with E-state index < -0.39 is 97.5 Å². The highest BCUT2D eigenvalue weighted by molar-refractivity contribution is 7.47. The van der Waals surface area contributed by atoms with E-state index in [1.165, 1.54) is 103 Å². The van der Waals surface area contributed by atoms with E-state index in [9.17, 15) is 43.2 Å². The lowest BCUT2D eigenvalue weighted by Crippen LogP contribution is -2.30. The van der Waals surface area contributed by atoms with Gasteiger partial charge in [-0.25, -0.2) is 9.13 Å². The molecular formula is C65H126O17P2. The number of phosphoric acid groups is 2. The third-order valence-electron chi connectivity index (χ3n) is 15.9. The molecule has 0 saturated carbocycles. The number of carbonyl (C=O) groups excluding carboxylic acids is 4. The first-order valence-electron chi connectivity index (χ1n) is 33.8. The van der Waals surface area contributed by atoms with Crippen molar-refractivity contribution in [3.8, 4) is 0 Å². The van der Waals surface area contributed by atoms with E-state index in [0.29, 0.717) is 31.6 Å². The smallest absolute Gasteiger partial charge is 0.462 e. The second kappa shape index (κ2) is 55.2. The number of esters is 4. The van der Waals surface area contributed by atoms with Gasteiger partial charge >= 0.3 is 39.5 Å². The second-order valence-electron chi connectivity index (χ2n) is 24.7. The summed E-state index contributed by atoms with van der Waals surface area (Å²) >= 11 is 0. The van der Waals surface area contributed by atoms with Gasteiger partial charge in [-0.3, -0.25) is 37.3 Å². The van der Waals surface area contributed by atoms with Crippen molar-refractivity contribution in [2.45, 2.75) is 331 Å². The maximum Gasteiger partial charge on any atom is 0.472 e. The zero-order valence-electron chi connectivity index (χ0n) is 54.5. The van der Waals surface area contributed by atoms with Crippen molar-refractivity contribution in [2.75, 3.05) is 39.6 Å². The van der Waals surface area contributed by atoms with Gasteiger partial charge < -0.3 is 33.8 Å². The molecule has 0 spiro atoms. The first-order valence-corrected chi connectivity index (χ1v) is 36.8. The van der Waals surface area contributed by atoms with Crippen LogP contribution in [0.15, 0.2) is 0 Å². The van der Waals surface area contributed by atoms with Crippen LogP contribution in [0.25, 0.3) is 0 Å². The lowest BCUT2D eigenvalue weighted by Gasteiger charge is -2.21. The SMILES string of the molecule is CCC(C)CCCCCCCCCCCCC(=O)O[C@H](COC(=O)CCCCCCCCCC(C)C)COP(=O)(O)OCC(O)COP(=O)(O)OC[C@@H](COC(=O)CCCCCCCCC(C)CC)OC(=O)CCCCCCCCC(C)CC. The Morgan fingerprint density at radius 1 is 0.333 bits per heavy atom. The first kappa shape index (κ1) is 82.1. The van der Waals surface area contributed by atoms with Gasteiger partial charge in [0, 0.05) is 25.7 Å². The van der Waals surface area contributed by atoms with E-state index in [4.69, 9.17) is 37.0 Å². The summed E-state index contributed by atoms with van der Waals surface area (Å²) in [7, 11) is -9.89. The molecule has 498 valence electrons. The Kier molecular flexibility index (Phi) is 53.9. The molecule has 0 aliphatic heterocycles. The quantitative estimate of drug-likeness (QED) is 0.0222. The van der Waals surface area contributed by atoms with Gasteiger partial charge in [-0.15, -0.1) is 0 Å². The van der Waals surface area contributed by atoms with Crippen molar-refractivity contribution in [2.24, 2.45) is 23.7 Å². The molecule has 0 radical (unpaired) electrons. The molecular weight excluding hydrogens is 1110 g/mol. The molecule has 3 N–H and O–H groups in total. The summed E-state index contributed by atoms with van der Waals surface area (Å²) in [5, 5.41) is 10.5. The minimum absolute atomic E-state index is 0.101. The number of unbranched alkanes of at least 4 members (excludes halogenated alkanes) is 25. The molecule has 0 amide bonds. The predicted octanol–water partition coefficient (Wildman–Crippen LogP) is 17.8. The number of hydrogen-bond donors (Lipinski definition) is 3. The van der Waals surface area contributed by atoms with Gasteiger partial charge in [0.1, 0.15) is 19.3 Å². The standard InChI is InChI=1S/C65H126O17P2/c1-9-56(6)42-34-26-18-14-12-13-15-19-31-39-47-64(69)81-60(51-75-62(67)45-37-29-20-16-17-25-33-41-55(4)5)53-79-83(71,72)77-49-59(66)50-78-84(73,74)80-54-61(82-65(70)48-40-32-24-22-28-36-44-58(8)11-3)52-76-63(68)46-38-30-23-21-27-35-43-57(7)10-2/h55-61,66H,9-54H2,1-8H3,(H,71,72)(H,73,74)/t56?,57?,58?,59?,60-,61-/m1/s1. The van der Waals surface area contributed by atoms with Gasteiger partial charge in [0.15, 0.2) is 12.2 Å². The highest BCUT2D eigenvalue weighted by atomic mass is 31.2. The van der Waals surface area contributed by atoms with Crippen LogP contribution in [0.3, 0.4) is 0 Å². The summed E-state index contributed by atoms with van der Waals surface area (Å²) in [6.07, 6.45) is 34.9. The number of aliphatic hydroxyl groups excluding tert-OH is 1. The third-order valence-corrected chi connectivity index (χ3v) is 17.8. The molecule has 0 aromatic rings. The Balaban J connectivity index is 5.26. The maximum atomic E-state index is 13.0. The molecule has 0 aromatic heterocycles. The Bertz CT molecular complexity index is 1680. The molecule has 17 nitrogen and oxygen atoms in total. The molecule has 0 rings (SSSR count). The van der Waals surface area contributed by atoms with E-state index in [1.807, 2.05) is 0 Å². The largest absolute Gasteiger partial charge is 0.472 e. The monoisotopic (exact) mass is 1240 g/mol. The van der Waals surface area contributed by atoms with Crippen LogP contribution in [0.2, 0.25) is 0 Å². The molecule has 0 fully saturated rings. The number of ether oxygens (including phenoxy) is 4. The second-order valence-corrected chi connectivity index (χ2v) is 27.6. The summed E-state index contributed by atoms with van der Waals surface area (Å²) < 4.78 is 68.0. The Morgan fingerprint density at radius 2 is 0.571 bits per heavy atom. The highest BCUT2D eigenvalue weighted by Gasteiger charge is 2.30. The minimum Gasteiger partial charge on any atom is -0.462 e. The van der Waals surface area contributed by atoms with Gasteiger partial charge in [0.2, 0.25) is 0 Å². The average Bonchev–Trinajstić information content (AvgIpc) is 3.46. The van der Waals surface area contributed by atoms with E-state index in [-0.39, 0.29) is 25.7 Å². The van der Waals surface area contributed by atoms with Crippen molar-refractivity contribution in [3.05, 3.63) is 0 Å². The topological polar surface area (TPSA) is 237 Å². The number of carbonyl (C=O) groups is 4. The molecule has 19 heteroatoms. The van der Waals surface area contributed by atoms with Gasteiger partial charge in [-0.1, -0.05) is 261 Å². The van der Waals surface area contributed by atoms with E-state index in [0.717, 1.165) is 120 Å². The molecule has 6 unspecified atom stereocenters. The van der Waals surface area contributed by atoms with Gasteiger partial charge in [0.25, 0.3) is 0 Å². The lowest BCUT2D eigenvalue weighted by atomic mass is 9.99. The van der Waals surface area contributed by atoms with Crippen molar-refractivity contribution in [1.29, 1.82) is 0 Å². The van der Waals surface area contributed by atoms with Crippen LogP contribution in [0, 0.1) is 23.7 Å². The molecule has 84 heavy (non-hydrogen) atoms. The van der Waals surface area contributed by atoms with Crippen LogP contribution in [-0.2, 0) is 65.4 Å². The number of aliphatic hydroxyl groups is 1. The molecule has 0 aromatic carbocycles. The number of rotatable bonds is 62. The first-order chi connectivity index (χ1) is 40.2. The molecule has 0 bridgehead atoms. The lowest BCUT2D eigenvalue weighted by molar-refractivity contribution is -0.161. The summed E-state index contributed by atoms with van der Waals surface area (Å²) in [5.74, 6) is 0.818. The minimum atomic E-state index is -4.95. The van der Waals surface area contributed by atoms with Crippen LogP contribution in [0.5, 0.6) is 0 Å². The van der Waals surface area contributed by atoms with E-state index >= 15 is 0 Å². The van der Waals surface area contributed by atoms with E-state index in [2.05, 4.69) is 55.4 Å². The molecule has 0 aliphatic carbocycles. The maximum absolute atomic E-state index is 13.0. The zero-order chi connectivity index (χ0) is 62.5. The predicted molar refractivity (Wildman–Crippen MR) is 335 cm³/mol. The normalized spacial score (nSPS) is 15.4. The summed E-state index contributed by atoms with van der Waals surface area (Å²) in [6, 6.07) is 0. The number of phosphoric ester groups is 2. The van der Waals surface area contributed by atoms with Crippen LogP contribution >= 0.6 is 15.6 Å². The van der Waals surface area contributed by atoms with Crippen molar-refractivity contribution in [1.82, 2.24) is 0 Å². The van der Waals surface area contributed by atoms with Crippen molar-refractivity contribution < 1.29 is 80.2 Å².